The fraction of sp³-hybridized carbons (Fsp3) is 0.533. The van der Waals surface area contributed by atoms with Gasteiger partial charge in [0.15, 0.2) is 0 Å². The third-order valence-electron chi connectivity index (χ3n) is 4.29. The molecule has 2 rings (SSSR count). The summed E-state index contributed by atoms with van der Waals surface area (Å²) in [6, 6.07) is 3.28. The molecule has 0 aliphatic heterocycles. The topological polar surface area (TPSA) is 41.1 Å². The quantitative estimate of drug-likeness (QED) is 0.805. The third kappa shape index (κ3) is 3.12. The SMILES string of the molecule is CC1(C)CC1(CNC(=O)NCCCl)c1ccc(F)cc1F. The highest BCUT2D eigenvalue weighted by atomic mass is 35.5. The molecule has 116 valence electrons. The fourth-order valence-electron chi connectivity index (χ4n) is 2.90. The lowest BCUT2D eigenvalue weighted by atomic mass is 9.87. The van der Waals surface area contributed by atoms with E-state index in [1.165, 1.54) is 12.1 Å². The molecule has 2 amide bonds. The molecule has 2 N–H and O–H groups in total. The zero-order chi connectivity index (χ0) is 15.7. The van der Waals surface area contributed by atoms with Crippen LogP contribution in [0.2, 0.25) is 0 Å². The first-order valence-electron chi connectivity index (χ1n) is 6.86. The average molecular weight is 317 g/mol. The molecule has 1 saturated carbocycles. The Hall–Kier alpha value is -1.36. The number of hydrogen-bond donors (Lipinski definition) is 2. The Morgan fingerprint density at radius 1 is 1.33 bits per heavy atom. The van der Waals surface area contributed by atoms with Crippen LogP contribution in [0.15, 0.2) is 18.2 Å². The molecule has 0 saturated heterocycles. The second-order valence-electron chi connectivity index (χ2n) is 6.07. The van der Waals surface area contributed by atoms with Crippen LogP contribution in [0.5, 0.6) is 0 Å². The Morgan fingerprint density at radius 2 is 2.00 bits per heavy atom. The van der Waals surface area contributed by atoms with Gasteiger partial charge in [0.05, 0.1) is 0 Å². The van der Waals surface area contributed by atoms with Crippen molar-refractivity contribution in [2.45, 2.75) is 25.7 Å². The molecule has 21 heavy (non-hydrogen) atoms. The van der Waals surface area contributed by atoms with Gasteiger partial charge in [-0.25, -0.2) is 13.6 Å². The van der Waals surface area contributed by atoms with Crippen molar-refractivity contribution in [2.24, 2.45) is 5.41 Å². The number of benzene rings is 1. The van der Waals surface area contributed by atoms with Crippen LogP contribution in [-0.2, 0) is 5.41 Å². The molecule has 1 fully saturated rings. The summed E-state index contributed by atoms with van der Waals surface area (Å²) < 4.78 is 27.1. The first-order valence-corrected chi connectivity index (χ1v) is 7.39. The van der Waals surface area contributed by atoms with Gasteiger partial charge in [-0.15, -0.1) is 11.6 Å². The predicted molar refractivity (Wildman–Crippen MR) is 78.6 cm³/mol. The molecule has 0 spiro atoms. The molecule has 0 radical (unpaired) electrons. The summed E-state index contributed by atoms with van der Waals surface area (Å²) in [4.78, 5) is 11.6. The largest absolute Gasteiger partial charge is 0.337 e. The van der Waals surface area contributed by atoms with Gasteiger partial charge >= 0.3 is 6.03 Å². The zero-order valence-corrected chi connectivity index (χ0v) is 12.9. The Kier molecular flexibility index (Phi) is 4.42. The minimum absolute atomic E-state index is 0.147. The Morgan fingerprint density at radius 3 is 2.52 bits per heavy atom. The Labute approximate surface area is 128 Å². The normalized spacial score (nSPS) is 22.7. The monoisotopic (exact) mass is 316 g/mol. The summed E-state index contributed by atoms with van der Waals surface area (Å²) in [6.07, 6.45) is 0.734. The number of urea groups is 1. The van der Waals surface area contributed by atoms with Crippen LogP contribution in [0, 0.1) is 17.0 Å². The number of hydrogen-bond acceptors (Lipinski definition) is 1. The van der Waals surface area contributed by atoms with E-state index in [9.17, 15) is 13.6 Å². The highest BCUT2D eigenvalue weighted by Crippen LogP contribution is 2.64. The lowest BCUT2D eigenvalue weighted by Crippen LogP contribution is -2.42. The van der Waals surface area contributed by atoms with E-state index in [2.05, 4.69) is 10.6 Å². The molecule has 6 heteroatoms. The third-order valence-corrected chi connectivity index (χ3v) is 4.48. The van der Waals surface area contributed by atoms with Gasteiger partial charge in [-0.3, -0.25) is 0 Å². The van der Waals surface area contributed by atoms with E-state index < -0.39 is 17.0 Å². The van der Waals surface area contributed by atoms with Gasteiger partial charge in [-0.2, -0.15) is 0 Å². The number of amides is 2. The minimum atomic E-state index is -0.599. The summed E-state index contributed by atoms with van der Waals surface area (Å²) in [5.74, 6) is -0.836. The van der Waals surface area contributed by atoms with Crippen LogP contribution in [0.25, 0.3) is 0 Å². The maximum absolute atomic E-state index is 14.1. The van der Waals surface area contributed by atoms with Crippen molar-refractivity contribution in [1.82, 2.24) is 10.6 Å². The number of alkyl halides is 1. The molecule has 1 unspecified atom stereocenters. The van der Waals surface area contributed by atoms with Crippen molar-refractivity contribution in [3.63, 3.8) is 0 Å². The minimum Gasteiger partial charge on any atom is -0.337 e. The first-order chi connectivity index (χ1) is 9.82. The van der Waals surface area contributed by atoms with Gasteiger partial charge in [0, 0.05) is 30.5 Å². The van der Waals surface area contributed by atoms with Crippen LogP contribution in [-0.4, -0.2) is 25.0 Å². The van der Waals surface area contributed by atoms with E-state index in [-0.39, 0.29) is 11.4 Å². The molecule has 1 aromatic rings. The van der Waals surface area contributed by atoms with Gasteiger partial charge in [0.1, 0.15) is 11.6 Å². The molecular weight excluding hydrogens is 298 g/mol. The smallest absolute Gasteiger partial charge is 0.314 e. The number of carbonyl (C=O) groups is 1. The highest BCUT2D eigenvalue weighted by Gasteiger charge is 2.62. The van der Waals surface area contributed by atoms with Crippen molar-refractivity contribution in [1.29, 1.82) is 0 Å². The lowest BCUT2D eigenvalue weighted by Gasteiger charge is -2.22. The summed E-state index contributed by atoms with van der Waals surface area (Å²) >= 11 is 5.50. The predicted octanol–water partition coefficient (Wildman–Crippen LogP) is 3.17. The van der Waals surface area contributed by atoms with E-state index in [1.54, 1.807) is 0 Å². The summed E-state index contributed by atoms with van der Waals surface area (Å²) in [5, 5.41) is 5.35. The molecule has 1 aromatic carbocycles. The number of rotatable bonds is 5. The molecular formula is C15H19ClF2N2O. The van der Waals surface area contributed by atoms with Crippen molar-refractivity contribution >= 4 is 17.6 Å². The first kappa shape index (κ1) is 16.0. The fourth-order valence-corrected chi connectivity index (χ4v) is 2.99. The van der Waals surface area contributed by atoms with E-state index >= 15 is 0 Å². The maximum atomic E-state index is 14.1. The van der Waals surface area contributed by atoms with E-state index in [0.29, 0.717) is 24.5 Å². The van der Waals surface area contributed by atoms with Crippen LogP contribution < -0.4 is 10.6 Å². The van der Waals surface area contributed by atoms with Crippen molar-refractivity contribution in [3.05, 3.63) is 35.4 Å². The van der Waals surface area contributed by atoms with Crippen LogP contribution in [0.3, 0.4) is 0 Å². The second kappa shape index (κ2) is 5.79. The molecule has 0 aromatic heterocycles. The Bertz CT molecular complexity index is 550. The molecule has 0 bridgehead atoms. The van der Waals surface area contributed by atoms with Crippen LogP contribution in [0.1, 0.15) is 25.8 Å². The van der Waals surface area contributed by atoms with E-state index in [4.69, 9.17) is 11.6 Å². The molecule has 0 heterocycles. The van der Waals surface area contributed by atoms with E-state index in [1.807, 2.05) is 13.8 Å². The summed E-state index contributed by atoms with van der Waals surface area (Å²) in [7, 11) is 0. The molecule has 1 aliphatic rings. The van der Waals surface area contributed by atoms with Gasteiger partial charge in [-0.05, 0) is 23.5 Å². The van der Waals surface area contributed by atoms with Crippen molar-refractivity contribution in [3.8, 4) is 0 Å². The number of carbonyl (C=O) groups excluding carboxylic acids is 1. The lowest BCUT2D eigenvalue weighted by molar-refractivity contribution is 0.239. The maximum Gasteiger partial charge on any atom is 0.314 e. The average Bonchev–Trinajstić information content (AvgIpc) is 2.96. The van der Waals surface area contributed by atoms with Gasteiger partial charge in [-0.1, -0.05) is 19.9 Å². The van der Waals surface area contributed by atoms with Crippen LogP contribution >= 0.6 is 11.6 Å². The van der Waals surface area contributed by atoms with E-state index in [0.717, 1.165) is 12.5 Å². The Balaban J connectivity index is 2.14. The molecule has 3 nitrogen and oxygen atoms in total. The highest BCUT2D eigenvalue weighted by molar-refractivity contribution is 6.18. The summed E-state index contributed by atoms with van der Waals surface area (Å²) in [5.41, 5.74) is -0.194. The van der Waals surface area contributed by atoms with Crippen molar-refractivity contribution in [2.75, 3.05) is 19.0 Å². The zero-order valence-electron chi connectivity index (χ0n) is 12.1. The van der Waals surface area contributed by atoms with Gasteiger partial charge < -0.3 is 10.6 Å². The standard InChI is InChI=1S/C15H19ClF2N2O/c1-14(2)8-15(14,9-20-13(21)19-6-5-16)11-4-3-10(17)7-12(11)18/h3-4,7H,5-6,8-9H2,1-2H3,(H2,19,20,21). The number of halogens is 3. The van der Waals surface area contributed by atoms with Crippen molar-refractivity contribution < 1.29 is 13.6 Å². The van der Waals surface area contributed by atoms with Crippen LogP contribution in [0.4, 0.5) is 13.6 Å². The summed E-state index contributed by atoms with van der Waals surface area (Å²) in [6.45, 7) is 4.69. The number of nitrogens with one attached hydrogen (secondary N) is 2. The van der Waals surface area contributed by atoms with Gasteiger partial charge in [0.25, 0.3) is 0 Å². The molecule has 1 aliphatic carbocycles. The molecule has 1 atom stereocenters. The van der Waals surface area contributed by atoms with Gasteiger partial charge in [0.2, 0.25) is 0 Å². The second-order valence-corrected chi connectivity index (χ2v) is 6.44.